The average Bonchev–Trinajstić information content (AvgIpc) is 2.76. The summed E-state index contributed by atoms with van der Waals surface area (Å²) in [5, 5.41) is 2.79. The molecule has 0 saturated carbocycles. The summed E-state index contributed by atoms with van der Waals surface area (Å²) in [5.41, 5.74) is 2.01. The predicted molar refractivity (Wildman–Crippen MR) is 73.9 cm³/mol. The second-order valence-corrected chi connectivity index (χ2v) is 5.18. The van der Waals surface area contributed by atoms with Crippen LogP contribution in [-0.2, 0) is 11.2 Å². The van der Waals surface area contributed by atoms with Crippen LogP contribution >= 0.6 is 11.8 Å². The molecule has 18 heavy (non-hydrogen) atoms. The van der Waals surface area contributed by atoms with Crippen LogP contribution in [0.4, 0.5) is 10.5 Å². The molecular weight excluding hydrogens is 248 g/mol. The Kier molecular flexibility index (Phi) is 4.25. The van der Waals surface area contributed by atoms with Crippen molar-refractivity contribution < 1.29 is 9.59 Å². The molecule has 1 aliphatic heterocycles. The number of benzene rings is 1. The molecule has 0 bridgehead atoms. The Bertz CT molecular complexity index is 445. The summed E-state index contributed by atoms with van der Waals surface area (Å²) in [6, 6.07) is 7.76. The Balaban J connectivity index is 1.88. The lowest BCUT2D eigenvalue weighted by atomic mass is 10.1. The minimum absolute atomic E-state index is 0.00789. The van der Waals surface area contributed by atoms with Crippen LogP contribution in [0, 0.1) is 0 Å². The third-order valence-electron chi connectivity index (χ3n) is 2.83. The molecule has 96 valence electrons. The highest BCUT2D eigenvalue weighted by molar-refractivity contribution is 8.13. The van der Waals surface area contributed by atoms with E-state index >= 15 is 0 Å². The Morgan fingerprint density at radius 3 is 2.67 bits per heavy atom. The molecule has 1 N–H and O–H groups in total. The zero-order valence-electron chi connectivity index (χ0n) is 10.3. The Morgan fingerprint density at radius 1 is 1.39 bits per heavy atom. The van der Waals surface area contributed by atoms with Crippen molar-refractivity contribution in [3.63, 3.8) is 0 Å². The van der Waals surface area contributed by atoms with E-state index in [4.69, 9.17) is 0 Å². The van der Waals surface area contributed by atoms with Crippen LogP contribution in [0.2, 0.25) is 0 Å². The highest BCUT2D eigenvalue weighted by atomic mass is 32.2. The SMILES string of the molecule is CCc1ccc(NC(=O)CN2CCSC2=O)cc1. The molecule has 1 saturated heterocycles. The van der Waals surface area contributed by atoms with Gasteiger partial charge in [0, 0.05) is 18.0 Å². The summed E-state index contributed by atoms with van der Waals surface area (Å²) in [6.45, 7) is 2.89. The van der Waals surface area contributed by atoms with Gasteiger partial charge in [-0.3, -0.25) is 9.59 Å². The fourth-order valence-electron chi connectivity index (χ4n) is 1.77. The molecule has 0 unspecified atom stereocenters. The van der Waals surface area contributed by atoms with Gasteiger partial charge >= 0.3 is 0 Å². The van der Waals surface area contributed by atoms with Crippen molar-refractivity contribution >= 4 is 28.6 Å². The van der Waals surface area contributed by atoms with E-state index in [1.807, 2.05) is 24.3 Å². The Hall–Kier alpha value is -1.49. The van der Waals surface area contributed by atoms with Crippen molar-refractivity contribution in [1.29, 1.82) is 0 Å². The number of carbonyl (C=O) groups is 2. The van der Waals surface area contributed by atoms with Crippen LogP contribution in [0.1, 0.15) is 12.5 Å². The maximum absolute atomic E-state index is 11.8. The van der Waals surface area contributed by atoms with Crippen molar-refractivity contribution in [2.24, 2.45) is 0 Å². The maximum Gasteiger partial charge on any atom is 0.282 e. The molecule has 0 radical (unpaired) electrons. The largest absolute Gasteiger partial charge is 0.325 e. The number of carbonyl (C=O) groups excluding carboxylic acids is 2. The van der Waals surface area contributed by atoms with Gasteiger partial charge in [0.05, 0.1) is 0 Å². The van der Waals surface area contributed by atoms with Crippen molar-refractivity contribution in [1.82, 2.24) is 4.90 Å². The minimum atomic E-state index is -0.143. The van der Waals surface area contributed by atoms with Gasteiger partial charge in [-0.15, -0.1) is 0 Å². The van der Waals surface area contributed by atoms with Gasteiger partial charge in [-0.2, -0.15) is 0 Å². The molecule has 1 aromatic carbocycles. The molecule has 4 nitrogen and oxygen atoms in total. The number of aryl methyl sites for hydroxylation is 1. The zero-order chi connectivity index (χ0) is 13.0. The van der Waals surface area contributed by atoms with Crippen molar-refractivity contribution in [3.8, 4) is 0 Å². The monoisotopic (exact) mass is 264 g/mol. The molecule has 0 spiro atoms. The molecule has 1 aliphatic rings. The molecule has 1 aromatic rings. The lowest BCUT2D eigenvalue weighted by Crippen LogP contribution is -2.33. The number of anilines is 1. The molecule has 0 aliphatic carbocycles. The van der Waals surface area contributed by atoms with Gasteiger partial charge in [-0.05, 0) is 24.1 Å². The quantitative estimate of drug-likeness (QED) is 0.908. The van der Waals surface area contributed by atoms with Gasteiger partial charge in [-0.1, -0.05) is 30.8 Å². The van der Waals surface area contributed by atoms with Crippen molar-refractivity contribution in [2.75, 3.05) is 24.2 Å². The molecule has 0 atom stereocenters. The lowest BCUT2D eigenvalue weighted by molar-refractivity contribution is -0.116. The topological polar surface area (TPSA) is 49.4 Å². The summed E-state index contributed by atoms with van der Waals surface area (Å²) >= 11 is 1.27. The average molecular weight is 264 g/mol. The first-order valence-corrected chi connectivity index (χ1v) is 6.98. The predicted octanol–water partition coefficient (Wildman–Crippen LogP) is 2.36. The van der Waals surface area contributed by atoms with Crippen molar-refractivity contribution in [3.05, 3.63) is 29.8 Å². The van der Waals surface area contributed by atoms with E-state index in [0.29, 0.717) is 6.54 Å². The summed E-state index contributed by atoms with van der Waals surface area (Å²) < 4.78 is 0. The summed E-state index contributed by atoms with van der Waals surface area (Å²) in [6.07, 6.45) is 0.980. The van der Waals surface area contributed by atoms with Crippen LogP contribution in [0.15, 0.2) is 24.3 Å². The number of hydrogen-bond donors (Lipinski definition) is 1. The van der Waals surface area contributed by atoms with E-state index in [1.165, 1.54) is 17.3 Å². The summed E-state index contributed by atoms with van der Waals surface area (Å²) in [5.74, 6) is 0.632. The number of hydrogen-bond acceptors (Lipinski definition) is 3. The second-order valence-electron chi connectivity index (χ2n) is 4.13. The molecular formula is C13H16N2O2S. The van der Waals surface area contributed by atoms with Crippen molar-refractivity contribution in [2.45, 2.75) is 13.3 Å². The van der Waals surface area contributed by atoms with Crippen LogP contribution in [-0.4, -0.2) is 34.9 Å². The Labute approximate surface area is 111 Å². The van der Waals surface area contributed by atoms with E-state index < -0.39 is 0 Å². The molecule has 1 heterocycles. The summed E-state index contributed by atoms with van der Waals surface area (Å²) in [4.78, 5) is 24.7. The van der Waals surface area contributed by atoms with E-state index in [9.17, 15) is 9.59 Å². The number of nitrogens with one attached hydrogen (secondary N) is 1. The molecule has 1 fully saturated rings. The molecule has 5 heteroatoms. The van der Waals surface area contributed by atoms with Gasteiger partial charge in [0.15, 0.2) is 0 Å². The third-order valence-corrected chi connectivity index (χ3v) is 3.72. The standard InChI is InChI=1S/C13H16N2O2S/c1-2-10-3-5-11(6-4-10)14-12(16)9-15-7-8-18-13(15)17/h3-6H,2,7-9H2,1H3,(H,14,16). The van der Waals surface area contributed by atoms with Crippen LogP contribution < -0.4 is 5.32 Å². The number of amides is 2. The Morgan fingerprint density at radius 2 is 2.11 bits per heavy atom. The van der Waals surface area contributed by atoms with E-state index in [0.717, 1.165) is 17.9 Å². The second kappa shape index (κ2) is 5.91. The fourth-order valence-corrected chi connectivity index (χ4v) is 2.59. The summed E-state index contributed by atoms with van der Waals surface area (Å²) in [7, 11) is 0. The van der Waals surface area contributed by atoms with Gasteiger partial charge in [0.25, 0.3) is 5.24 Å². The number of nitrogens with zero attached hydrogens (tertiary/aromatic N) is 1. The normalized spacial score (nSPS) is 14.9. The number of rotatable bonds is 4. The van der Waals surface area contributed by atoms with Crippen LogP contribution in [0.25, 0.3) is 0 Å². The van der Waals surface area contributed by atoms with Crippen LogP contribution in [0.5, 0.6) is 0 Å². The highest BCUT2D eigenvalue weighted by Gasteiger charge is 2.23. The smallest absolute Gasteiger partial charge is 0.282 e. The third kappa shape index (κ3) is 3.26. The van der Waals surface area contributed by atoms with Crippen LogP contribution in [0.3, 0.4) is 0 Å². The first-order chi connectivity index (χ1) is 8.69. The van der Waals surface area contributed by atoms with Gasteiger partial charge in [0.2, 0.25) is 5.91 Å². The first kappa shape index (κ1) is 13.0. The lowest BCUT2D eigenvalue weighted by Gasteiger charge is -2.14. The molecule has 2 rings (SSSR count). The molecule has 2 amide bonds. The fraction of sp³-hybridized carbons (Fsp3) is 0.385. The van der Waals surface area contributed by atoms with Gasteiger partial charge in [-0.25, -0.2) is 0 Å². The minimum Gasteiger partial charge on any atom is -0.325 e. The highest BCUT2D eigenvalue weighted by Crippen LogP contribution is 2.17. The zero-order valence-corrected chi connectivity index (χ0v) is 11.1. The van der Waals surface area contributed by atoms with E-state index in [2.05, 4.69) is 12.2 Å². The van der Waals surface area contributed by atoms with E-state index in [-0.39, 0.29) is 17.7 Å². The first-order valence-electron chi connectivity index (χ1n) is 5.99. The number of thioether (sulfide) groups is 1. The molecule has 0 aromatic heterocycles. The maximum atomic E-state index is 11.8. The van der Waals surface area contributed by atoms with E-state index in [1.54, 1.807) is 4.90 Å². The van der Waals surface area contributed by atoms with Gasteiger partial charge < -0.3 is 10.2 Å². The van der Waals surface area contributed by atoms with Gasteiger partial charge in [0.1, 0.15) is 6.54 Å².